The van der Waals surface area contributed by atoms with Gasteiger partial charge < -0.3 is 15.1 Å². The first-order valence-corrected chi connectivity index (χ1v) is 6.18. The minimum absolute atomic E-state index is 0.0131. The van der Waals surface area contributed by atoms with Gasteiger partial charge in [-0.2, -0.15) is 0 Å². The fourth-order valence-electron chi connectivity index (χ4n) is 1.95. The summed E-state index contributed by atoms with van der Waals surface area (Å²) in [4.78, 5) is 6.45. The molecular formula is C11H15BrN2O2. The molecule has 16 heavy (non-hydrogen) atoms. The van der Waals surface area contributed by atoms with E-state index in [9.17, 15) is 10.2 Å². The van der Waals surface area contributed by atoms with E-state index in [1.807, 2.05) is 6.07 Å². The van der Waals surface area contributed by atoms with Crippen molar-refractivity contribution < 1.29 is 10.2 Å². The van der Waals surface area contributed by atoms with Gasteiger partial charge in [-0.05, 0) is 34.8 Å². The number of rotatable bonds is 2. The maximum absolute atomic E-state index is 9.44. The van der Waals surface area contributed by atoms with Gasteiger partial charge in [0.05, 0.1) is 12.7 Å². The van der Waals surface area contributed by atoms with E-state index in [2.05, 4.69) is 25.8 Å². The van der Waals surface area contributed by atoms with Crippen molar-refractivity contribution in [2.45, 2.75) is 25.6 Å². The van der Waals surface area contributed by atoms with Crippen LogP contribution < -0.4 is 4.90 Å². The number of nitrogens with zero attached hydrogens (tertiary/aromatic N) is 2. The largest absolute Gasteiger partial charge is 0.393 e. The average Bonchev–Trinajstić information content (AvgIpc) is 2.30. The summed E-state index contributed by atoms with van der Waals surface area (Å²) in [5.74, 6) is 0.831. The van der Waals surface area contributed by atoms with Gasteiger partial charge in [0.25, 0.3) is 0 Å². The zero-order chi connectivity index (χ0) is 11.5. The highest BCUT2D eigenvalue weighted by atomic mass is 79.9. The number of anilines is 1. The van der Waals surface area contributed by atoms with Crippen LogP contribution in [0.3, 0.4) is 0 Å². The van der Waals surface area contributed by atoms with Crippen LogP contribution in [0, 0.1) is 0 Å². The number of halogens is 1. The van der Waals surface area contributed by atoms with E-state index >= 15 is 0 Å². The summed E-state index contributed by atoms with van der Waals surface area (Å²) in [5.41, 5.74) is 0.825. The van der Waals surface area contributed by atoms with Crippen LogP contribution in [-0.2, 0) is 6.61 Å². The summed E-state index contributed by atoms with van der Waals surface area (Å²) in [7, 11) is 0. The summed E-state index contributed by atoms with van der Waals surface area (Å²) in [6.45, 7) is 1.58. The standard InChI is InChI=1S/C11H15BrN2O2/c12-9-5-8(7-15)11(13-6-9)14-3-1-10(16)2-4-14/h5-6,10,15-16H,1-4,7H2. The quantitative estimate of drug-likeness (QED) is 0.861. The lowest BCUT2D eigenvalue weighted by Gasteiger charge is -2.31. The van der Waals surface area contributed by atoms with Gasteiger partial charge in [-0.1, -0.05) is 0 Å². The number of hydrogen-bond acceptors (Lipinski definition) is 4. The Morgan fingerprint density at radius 3 is 2.75 bits per heavy atom. The van der Waals surface area contributed by atoms with E-state index in [0.717, 1.165) is 41.8 Å². The highest BCUT2D eigenvalue weighted by Gasteiger charge is 2.20. The van der Waals surface area contributed by atoms with Crippen LogP contribution >= 0.6 is 15.9 Å². The molecule has 0 spiro atoms. The predicted molar refractivity (Wildman–Crippen MR) is 65.3 cm³/mol. The van der Waals surface area contributed by atoms with Gasteiger partial charge in [0.1, 0.15) is 5.82 Å². The Morgan fingerprint density at radius 1 is 1.44 bits per heavy atom. The molecule has 2 rings (SSSR count). The number of piperidine rings is 1. The molecule has 2 heterocycles. The highest BCUT2D eigenvalue weighted by molar-refractivity contribution is 9.10. The Labute approximate surface area is 103 Å². The minimum Gasteiger partial charge on any atom is -0.393 e. The topological polar surface area (TPSA) is 56.6 Å². The third-order valence-electron chi connectivity index (χ3n) is 2.84. The van der Waals surface area contributed by atoms with E-state index in [1.165, 1.54) is 0 Å². The van der Waals surface area contributed by atoms with E-state index in [0.29, 0.717) is 0 Å². The Bertz CT molecular complexity index is 365. The zero-order valence-corrected chi connectivity index (χ0v) is 10.5. The molecule has 0 radical (unpaired) electrons. The molecule has 1 aromatic heterocycles. The van der Waals surface area contributed by atoms with Crippen molar-refractivity contribution in [2.24, 2.45) is 0 Å². The molecule has 1 saturated heterocycles. The monoisotopic (exact) mass is 286 g/mol. The molecular weight excluding hydrogens is 272 g/mol. The van der Waals surface area contributed by atoms with Gasteiger partial charge >= 0.3 is 0 Å². The molecule has 1 aliphatic rings. The molecule has 0 unspecified atom stereocenters. The van der Waals surface area contributed by atoms with E-state index < -0.39 is 0 Å². The fraction of sp³-hybridized carbons (Fsp3) is 0.545. The molecule has 1 aromatic rings. The van der Waals surface area contributed by atoms with Gasteiger partial charge in [0, 0.05) is 29.3 Å². The van der Waals surface area contributed by atoms with Gasteiger partial charge in [-0.15, -0.1) is 0 Å². The summed E-state index contributed by atoms with van der Waals surface area (Å²) in [6.07, 6.45) is 3.08. The zero-order valence-electron chi connectivity index (χ0n) is 8.93. The number of aromatic nitrogens is 1. The molecule has 0 aliphatic carbocycles. The third kappa shape index (κ3) is 2.53. The Hall–Kier alpha value is -0.650. The molecule has 0 saturated carbocycles. The first kappa shape index (κ1) is 11.8. The van der Waals surface area contributed by atoms with Crippen LogP contribution in [0.15, 0.2) is 16.7 Å². The number of hydrogen-bond donors (Lipinski definition) is 2. The third-order valence-corrected chi connectivity index (χ3v) is 3.28. The smallest absolute Gasteiger partial charge is 0.134 e. The molecule has 1 aliphatic heterocycles. The van der Waals surface area contributed by atoms with E-state index in [-0.39, 0.29) is 12.7 Å². The van der Waals surface area contributed by atoms with Gasteiger partial charge in [-0.3, -0.25) is 0 Å². The van der Waals surface area contributed by atoms with Gasteiger partial charge in [0.2, 0.25) is 0 Å². The van der Waals surface area contributed by atoms with Crippen LogP contribution in [0.25, 0.3) is 0 Å². The van der Waals surface area contributed by atoms with Crippen molar-refractivity contribution in [2.75, 3.05) is 18.0 Å². The van der Waals surface area contributed by atoms with Crippen molar-refractivity contribution in [3.8, 4) is 0 Å². The van der Waals surface area contributed by atoms with E-state index in [4.69, 9.17) is 0 Å². The average molecular weight is 287 g/mol. The summed E-state index contributed by atoms with van der Waals surface area (Å²) in [5, 5.41) is 18.7. The lowest BCUT2D eigenvalue weighted by Crippen LogP contribution is -2.36. The maximum atomic E-state index is 9.44. The normalized spacial score (nSPS) is 17.8. The Morgan fingerprint density at radius 2 is 2.12 bits per heavy atom. The van der Waals surface area contributed by atoms with Gasteiger partial charge in [-0.25, -0.2) is 4.98 Å². The van der Waals surface area contributed by atoms with E-state index in [1.54, 1.807) is 6.20 Å². The van der Waals surface area contributed by atoms with Gasteiger partial charge in [0.15, 0.2) is 0 Å². The summed E-state index contributed by atoms with van der Waals surface area (Å²) >= 11 is 3.34. The second kappa shape index (κ2) is 5.12. The van der Waals surface area contributed by atoms with Crippen molar-refractivity contribution in [3.05, 3.63) is 22.3 Å². The first-order valence-electron chi connectivity index (χ1n) is 5.39. The molecule has 88 valence electrons. The Balaban J connectivity index is 2.19. The second-order valence-corrected chi connectivity index (χ2v) is 4.93. The number of aliphatic hydroxyl groups excluding tert-OH is 2. The van der Waals surface area contributed by atoms with Crippen LogP contribution in [0.4, 0.5) is 5.82 Å². The fourth-order valence-corrected chi connectivity index (χ4v) is 2.33. The second-order valence-electron chi connectivity index (χ2n) is 4.01. The molecule has 5 heteroatoms. The SMILES string of the molecule is OCc1cc(Br)cnc1N1CCC(O)CC1. The van der Waals surface area contributed by atoms with Crippen molar-refractivity contribution in [3.63, 3.8) is 0 Å². The lowest BCUT2D eigenvalue weighted by atomic mass is 10.1. The molecule has 0 bridgehead atoms. The predicted octanol–water partition coefficient (Wildman–Crippen LogP) is 1.30. The van der Waals surface area contributed by atoms with Crippen molar-refractivity contribution >= 4 is 21.7 Å². The van der Waals surface area contributed by atoms with Crippen molar-refractivity contribution in [1.82, 2.24) is 4.98 Å². The molecule has 1 fully saturated rings. The molecule has 4 nitrogen and oxygen atoms in total. The number of pyridine rings is 1. The summed E-state index contributed by atoms with van der Waals surface area (Å²) in [6, 6.07) is 1.88. The maximum Gasteiger partial charge on any atom is 0.134 e. The van der Waals surface area contributed by atoms with Crippen LogP contribution in [0.1, 0.15) is 18.4 Å². The van der Waals surface area contributed by atoms with Crippen LogP contribution in [0.2, 0.25) is 0 Å². The van der Waals surface area contributed by atoms with Crippen LogP contribution in [-0.4, -0.2) is 34.4 Å². The molecule has 0 atom stereocenters. The van der Waals surface area contributed by atoms with Crippen molar-refractivity contribution in [1.29, 1.82) is 0 Å². The Kier molecular flexibility index (Phi) is 3.78. The minimum atomic E-state index is -0.190. The highest BCUT2D eigenvalue weighted by Crippen LogP contribution is 2.24. The molecule has 0 amide bonds. The number of aliphatic hydroxyl groups is 2. The lowest BCUT2D eigenvalue weighted by molar-refractivity contribution is 0.145. The molecule has 0 aromatic carbocycles. The molecule has 2 N–H and O–H groups in total. The summed E-state index contributed by atoms with van der Waals surface area (Å²) < 4.78 is 0.873. The first-order chi connectivity index (χ1) is 7.70. The van der Waals surface area contributed by atoms with Crippen LogP contribution in [0.5, 0.6) is 0 Å².